The van der Waals surface area contributed by atoms with Crippen LogP contribution >= 0.6 is 0 Å². The number of nitrogens with zero attached hydrogens (tertiary/aromatic N) is 1. The summed E-state index contributed by atoms with van der Waals surface area (Å²) in [5.74, 6) is 0.769. The second-order valence-electron chi connectivity index (χ2n) is 5.73. The van der Waals surface area contributed by atoms with Gasteiger partial charge in [-0.1, -0.05) is 26.0 Å². The average molecular weight is 262 g/mol. The molecular weight excluding hydrogens is 236 g/mol. The lowest BCUT2D eigenvalue weighted by Crippen LogP contribution is -2.28. The highest BCUT2D eigenvalue weighted by Gasteiger charge is 2.11. The zero-order chi connectivity index (χ0) is 14.4. The van der Waals surface area contributed by atoms with Crippen LogP contribution < -0.4 is 10.6 Å². The molecule has 1 amide bonds. The summed E-state index contributed by atoms with van der Waals surface area (Å²) in [4.78, 5) is 13.7. The molecule has 0 aliphatic heterocycles. The van der Waals surface area contributed by atoms with Gasteiger partial charge < -0.3 is 10.6 Å². The minimum absolute atomic E-state index is 0.0748. The van der Waals surface area contributed by atoms with Crippen molar-refractivity contribution in [2.75, 3.05) is 11.9 Å². The van der Waals surface area contributed by atoms with Gasteiger partial charge in [-0.25, -0.2) is 0 Å². The molecule has 1 aromatic rings. The van der Waals surface area contributed by atoms with Crippen LogP contribution in [0.25, 0.3) is 0 Å². The minimum atomic E-state index is 0.0748. The molecule has 0 saturated heterocycles. The van der Waals surface area contributed by atoms with Gasteiger partial charge in [-0.2, -0.15) is 0 Å². The predicted octanol–water partition coefficient (Wildman–Crippen LogP) is 2.98. The Kier molecular flexibility index (Phi) is 6.03. The summed E-state index contributed by atoms with van der Waals surface area (Å²) in [6.45, 7) is 6.34. The molecule has 3 heteroatoms. The minimum Gasteiger partial charge on any atom is -0.328 e. The van der Waals surface area contributed by atoms with E-state index in [1.54, 1.807) is 4.90 Å². The molecular formula is C16H26N2O. The molecule has 0 aliphatic rings. The average Bonchev–Trinajstić information content (AvgIpc) is 2.35. The van der Waals surface area contributed by atoms with E-state index in [0.29, 0.717) is 12.3 Å². The van der Waals surface area contributed by atoms with E-state index in [9.17, 15) is 4.79 Å². The molecule has 0 aliphatic carbocycles. The Hall–Kier alpha value is -1.35. The number of carbonyl (C=O) groups excluding carboxylic acids is 1. The van der Waals surface area contributed by atoms with E-state index in [1.807, 2.05) is 26.1 Å². The maximum absolute atomic E-state index is 12.0. The van der Waals surface area contributed by atoms with Crippen molar-refractivity contribution in [2.24, 2.45) is 11.7 Å². The quantitative estimate of drug-likeness (QED) is 0.856. The summed E-state index contributed by atoms with van der Waals surface area (Å²) < 4.78 is 0. The fraction of sp³-hybridized carbons (Fsp3) is 0.562. The zero-order valence-corrected chi connectivity index (χ0v) is 12.5. The van der Waals surface area contributed by atoms with Crippen LogP contribution in [0.5, 0.6) is 0 Å². The smallest absolute Gasteiger partial charge is 0.226 e. The summed E-state index contributed by atoms with van der Waals surface area (Å²) in [5, 5.41) is 0. The lowest BCUT2D eigenvalue weighted by Gasteiger charge is -2.18. The molecule has 1 aromatic carbocycles. The molecule has 106 valence electrons. The molecule has 0 radical (unpaired) electrons. The third kappa shape index (κ3) is 5.43. The number of rotatable bonds is 6. The highest BCUT2D eigenvalue weighted by Crippen LogP contribution is 2.17. The largest absolute Gasteiger partial charge is 0.328 e. The van der Waals surface area contributed by atoms with Crippen LogP contribution in [0.1, 0.15) is 39.2 Å². The monoisotopic (exact) mass is 262 g/mol. The molecule has 0 bridgehead atoms. The summed E-state index contributed by atoms with van der Waals surface area (Å²) in [5.41, 5.74) is 7.94. The van der Waals surface area contributed by atoms with Crippen molar-refractivity contribution >= 4 is 11.6 Å². The molecule has 2 N–H and O–H groups in total. The van der Waals surface area contributed by atoms with Crippen molar-refractivity contribution in [1.29, 1.82) is 0 Å². The Morgan fingerprint density at radius 1 is 1.21 bits per heavy atom. The van der Waals surface area contributed by atoms with E-state index in [-0.39, 0.29) is 11.9 Å². The second kappa shape index (κ2) is 7.29. The van der Waals surface area contributed by atoms with Crippen molar-refractivity contribution in [1.82, 2.24) is 0 Å². The third-order valence-corrected chi connectivity index (χ3v) is 3.16. The van der Waals surface area contributed by atoms with Gasteiger partial charge in [0.25, 0.3) is 0 Å². The van der Waals surface area contributed by atoms with Crippen LogP contribution in [-0.4, -0.2) is 19.0 Å². The fourth-order valence-electron chi connectivity index (χ4n) is 1.99. The first-order valence-corrected chi connectivity index (χ1v) is 7.01. The van der Waals surface area contributed by atoms with Crippen LogP contribution in [0.4, 0.5) is 5.69 Å². The van der Waals surface area contributed by atoms with Crippen LogP contribution in [0.3, 0.4) is 0 Å². The zero-order valence-electron chi connectivity index (χ0n) is 12.5. The van der Waals surface area contributed by atoms with E-state index >= 15 is 0 Å². The molecule has 0 spiro atoms. The summed E-state index contributed by atoms with van der Waals surface area (Å²) in [7, 11) is 1.82. The number of hydrogen-bond acceptors (Lipinski definition) is 2. The van der Waals surface area contributed by atoms with Crippen molar-refractivity contribution in [2.45, 2.75) is 46.1 Å². The van der Waals surface area contributed by atoms with Gasteiger partial charge in [-0.3, -0.25) is 4.79 Å². The van der Waals surface area contributed by atoms with E-state index in [0.717, 1.165) is 18.5 Å². The molecule has 0 heterocycles. The summed E-state index contributed by atoms with van der Waals surface area (Å²) >= 11 is 0. The Morgan fingerprint density at radius 2 is 1.79 bits per heavy atom. The van der Waals surface area contributed by atoms with Gasteiger partial charge in [0.05, 0.1) is 0 Å². The van der Waals surface area contributed by atoms with Gasteiger partial charge in [0.2, 0.25) is 5.91 Å². The molecule has 1 unspecified atom stereocenters. The number of benzene rings is 1. The van der Waals surface area contributed by atoms with Crippen LogP contribution in [-0.2, 0) is 11.2 Å². The van der Waals surface area contributed by atoms with Gasteiger partial charge in [0.15, 0.2) is 0 Å². The number of amides is 1. The lowest BCUT2D eigenvalue weighted by atomic mass is 10.0. The molecule has 0 saturated carbocycles. The van der Waals surface area contributed by atoms with E-state index in [4.69, 9.17) is 5.73 Å². The highest BCUT2D eigenvalue weighted by atomic mass is 16.2. The van der Waals surface area contributed by atoms with E-state index < -0.39 is 0 Å². The number of hydrogen-bond donors (Lipinski definition) is 1. The summed E-state index contributed by atoms with van der Waals surface area (Å²) in [6, 6.07) is 8.31. The van der Waals surface area contributed by atoms with Crippen LogP contribution in [0.15, 0.2) is 24.3 Å². The Morgan fingerprint density at radius 3 is 2.26 bits per heavy atom. The van der Waals surface area contributed by atoms with Gasteiger partial charge in [0.1, 0.15) is 0 Å². The normalized spacial score (nSPS) is 12.5. The molecule has 19 heavy (non-hydrogen) atoms. The topological polar surface area (TPSA) is 46.3 Å². The standard InChI is InChI=1S/C16H26N2O/c1-12(2)11-14-6-8-15(9-7-14)18(4)16(19)10-5-13(3)17/h6-9,12-13H,5,10-11,17H2,1-4H3. The third-order valence-electron chi connectivity index (χ3n) is 3.16. The first kappa shape index (κ1) is 15.7. The lowest BCUT2D eigenvalue weighted by molar-refractivity contribution is -0.118. The Balaban J connectivity index is 2.61. The van der Waals surface area contributed by atoms with Gasteiger partial charge in [-0.15, -0.1) is 0 Å². The number of nitrogens with two attached hydrogens (primary N) is 1. The second-order valence-corrected chi connectivity index (χ2v) is 5.73. The maximum Gasteiger partial charge on any atom is 0.226 e. The predicted molar refractivity (Wildman–Crippen MR) is 81.3 cm³/mol. The first-order valence-electron chi connectivity index (χ1n) is 7.01. The molecule has 3 nitrogen and oxygen atoms in total. The SMILES string of the molecule is CC(C)Cc1ccc(N(C)C(=O)CCC(C)N)cc1. The maximum atomic E-state index is 12.0. The molecule has 0 aromatic heterocycles. The van der Waals surface area contributed by atoms with Crippen molar-refractivity contribution in [3.8, 4) is 0 Å². The van der Waals surface area contributed by atoms with Crippen molar-refractivity contribution < 1.29 is 4.79 Å². The fourth-order valence-corrected chi connectivity index (χ4v) is 1.99. The van der Waals surface area contributed by atoms with Gasteiger partial charge >= 0.3 is 0 Å². The van der Waals surface area contributed by atoms with E-state index in [1.165, 1.54) is 5.56 Å². The van der Waals surface area contributed by atoms with E-state index in [2.05, 4.69) is 26.0 Å². The first-order chi connectivity index (χ1) is 8.90. The summed E-state index contributed by atoms with van der Waals surface area (Å²) in [6.07, 6.45) is 2.30. The van der Waals surface area contributed by atoms with Gasteiger partial charge in [0, 0.05) is 25.2 Å². The Labute approximate surface area is 116 Å². The van der Waals surface area contributed by atoms with Gasteiger partial charge in [-0.05, 0) is 43.4 Å². The van der Waals surface area contributed by atoms with Crippen LogP contribution in [0.2, 0.25) is 0 Å². The highest BCUT2D eigenvalue weighted by molar-refractivity contribution is 5.92. The van der Waals surface area contributed by atoms with Crippen molar-refractivity contribution in [3.63, 3.8) is 0 Å². The van der Waals surface area contributed by atoms with Crippen molar-refractivity contribution in [3.05, 3.63) is 29.8 Å². The molecule has 0 fully saturated rings. The van der Waals surface area contributed by atoms with Crippen LogP contribution in [0, 0.1) is 5.92 Å². The number of carbonyl (C=O) groups is 1. The number of anilines is 1. The Bertz CT molecular complexity index is 396. The molecule has 1 atom stereocenters. The molecule has 1 rings (SSSR count).